The minimum absolute atomic E-state index is 0.271. The third-order valence-electron chi connectivity index (χ3n) is 3.08. The number of sulfonamides is 1. The molecule has 0 bridgehead atoms. The van der Waals surface area contributed by atoms with Crippen LogP contribution < -0.4 is 10.0 Å². The molecule has 0 radical (unpaired) electrons. The van der Waals surface area contributed by atoms with Crippen LogP contribution in [0, 0.1) is 10.1 Å². The summed E-state index contributed by atoms with van der Waals surface area (Å²) in [6.45, 7) is 3.77. The summed E-state index contributed by atoms with van der Waals surface area (Å²) in [5.41, 5.74) is 0.0753. The Morgan fingerprint density at radius 2 is 2.05 bits per heavy atom. The molecule has 0 fully saturated rings. The highest BCUT2D eigenvalue weighted by atomic mass is 32.2. The second-order valence-electron chi connectivity index (χ2n) is 4.85. The fraction of sp³-hybridized carbons (Fsp3) is 0.538. The summed E-state index contributed by atoms with van der Waals surface area (Å²) < 4.78 is 27.2. The summed E-state index contributed by atoms with van der Waals surface area (Å²) in [4.78, 5) is 10.0. The molecule has 1 aromatic carbocycles. The Labute approximate surface area is 124 Å². The molecule has 0 aliphatic carbocycles. The van der Waals surface area contributed by atoms with Gasteiger partial charge in [-0.25, -0.2) is 13.1 Å². The Morgan fingerprint density at radius 3 is 2.57 bits per heavy atom. The normalized spacial score (nSPS) is 12.9. The first-order valence-corrected chi connectivity index (χ1v) is 8.28. The molecule has 0 amide bonds. The molecule has 0 aliphatic heterocycles. The summed E-state index contributed by atoms with van der Waals surface area (Å²) in [6.07, 6.45) is 2.54. The Hall–Kier alpha value is -1.67. The maximum atomic E-state index is 12.4. The SMILES string of the molecule is CCCCC(C)NS(=O)(=O)c1cc(NC)ccc1[N+](=O)[O-]. The standard InChI is InChI=1S/C13H21N3O4S/c1-4-5-6-10(2)15-21(19,20)13-9-11(14-3)7-8-12(13)16(17)18/h7-10,14-15H,4-6H2,1-3H3. The monoisotopic (exact) mass is 315 g/mol. The van der Waals surface area contributed by atoms with E-state index in [1.165, 1.54) is 18.2 Å². The number of nitrogens with one attached hydrogen (secondary N) is 2. The van der Waals surface area contributed by atoms with Gasteiger partial charge in [-0.2, -0.15) is 0 Å². The number of nitrogens with zero attached hydrogens (tertiary/aromatic N) is 1. The van der Waals surface area contributed by atoms with E-state index < -0.39 is 20.6 Å². The summed E-state index contributed by atoms with van der Waals surface area (Å²) in [5, 5.41) is 13.8. The molecule has 1 atom stereocenters. The molecule has 21 heavy (non-hydrogen) atoms. The van der Waals surface area contributed by atoms with E-state index in [1.807, 2.05) is 6.92 Å². The zero-order valence-corrected chi connectivity index (χ0v) is 13.2. The van der Waals surface area contributed by atoms with Gasteiger partial charge in [0.05, 0.1) is 4.92 Å². The van der Waals surface area contributed by atoms with Gasteiger partial charge in [-0.1, -0.05) is 19.8 Å². The molecular formula is C13H21N3O4S. The molecule has 1 rings (SSSR count). The van der Waals surface area contributed by atoms with Crippen LogP contribution in [0.15, 0.2) is 23.1 Å². The van der Waals surface area contributed by atoms with Crippen LogP contribution in [0.1, 0.15) is 33.1 Å². The van der Waals surface area contributed by atoms with Crippen molar-refractivity contribution in [2.45, 2.75) is 44.0 Å². The lowest BCUT2D eigenvalue weighted by molar-refractivity contribution is -0.387. The first-order chi connectivity index (χ1) is 9.81. The number of nitro groups is 1. The highest BCUT2D eigenvalue weighted by molar-refractivity contribution is 7.89. The summed E-state index contributed by atoms with van der Waals surface area (Å²) >= 11 is 0. The lowest BCUT2D eigenvalue weighted by Crippen LogP contribution is -2.33. The van der Waals surface area contributed by atoms with Gasteiger partial charge in [0.15, 0.2) is 4.90 Å². The van der Waals surface area contributed by atoms with Crippen molar-refractivity contribution in [3.8, 4) is 0 Å². The maximum absolute atomic E-state index is 12.4. The van der Waals surface area contributed by atoms with Crippen molar-refractivity contribution in [3.63, 3.8) is 0 Å². The van der Waals surface area contributed by atoms with Crippen LogP contribution in [0.2, 0.25) is 0 Å². The first kappa shape index (κ1) is 17.4. The molecule has 0 saturated heterocycles. The van der Waals surface area contributed by atoms with Gasteiger partial charge in [-0.05, 0) is 25.5 Å². The maximum Gasteiger partial charge on any atom is 0.289 e. The van der Waals surface area contributed by atoms with Crippen molar-refractivity contribution in [1.82, 2.24) is 4.72 Å². The van der Waals surface area contributed by atoms with E-state index in [1.54, 1.807) is 14.0 Å². The van der Waals surface area contributed by atoms with E-state index in [0.29, 0.717) is 12.1 Å². The van der Waals surface area contributed by atoms with Gasteiger partial charge in [0.1, 0.15) is 0 Å². The smallest absolute Gasteiger partial charge is 0.289 e. The zero-order valence-electron chi connectivity index (χ0n) is 12.4. The molecule has 0 aliphatic rings. The number of nitro benzene ring substituents is 1. The van der Waals surface area contributed by atoms with Crippen molar-refractivity contribution in [3.05, 3.63) is 28.3 Å². The molecule has 2 N–H and O–H groups in total. The average molecular weight is 315 g/mol. The zero-order chi connectivity index (χ0) is 16.0. The molecule has 1 unspecified atom stereocenters. The predicted octanol–water partition coefficient (Wildman–Crippen LogP) is 2.49. The third kappa shape index (κ3) is 4.68. The number of hydrogen-bond donors (Lipinski definition) is 2. The van der Waals surface area contributed by atoms with E-state index >= 15 is 0 Å². The van der Waals surface area contributed by atoms with E-state index in [9.17, 15) is 18.5 Å². The highest BCUT2D eigenvalue weighted by Crippen LogP contribution is 2.27. The second-order valence-corrected chi connectivity index (χ2v) is 6.54. The van der Waals surface area contributed by atoms with Crippen molar-refractivity contribution >= 4 is 21.4 Å². The Kier molecular flexibility index (Phi) is 6.10. The Bertz CT molecular complexity index is 601. The van der Waals surface area contributed by atoms with Crippen LogP contribution in [0.5, 0.6) is 0 Å². The Morgan fingerprint density at radius 1 is 1.38 bits per heavy atom. The Balaban J connectivity index is 3.14. The lowest BCUT2D eigenvalue weighted by atomic mass is 10.2. The van der Waals surface area contributed by atoms with Crippen LogP contribution in [-0.2, 0) is 10.0 Å². The molecule has 0 heterocycles. The summed E-state index contributed by atoms with van der Waals surface area (Å²) in [6, 6.07) is 3.66. The predicted molar refractivity (Wildman–Crippen MR) is 82.0 cm³/mol. The van der Waals surface area contributed by atoms with Gasteiger partial charge < -0.3 is 5.32 Å². The van der Waals surface area contributed by atoms with Crippen LogP contribution in [-0.4, -0.2) is 26.4 Å². The summed E-state index contributed by atoms with van der Waals surface area (Å²) in [7, 11) is -2.31. The molecule has 118 valence electrons. The molecule has 8 heteroatoms. The van der Waals surface area contributed by atoms with Gasteiger partial charge in [0, 0.05) is 24.8 Å². The average Bonchev–Trinajstić information content (AvgIpc) is 2.43. The van der Waals surface area contributed by atoms with Gasteiger partial charge in [0.25, 0.3) is 5.69 Å². The molecule has 0 spiro atoms. The van der Waals surface area contributed by atoms with Gasteiger partial charge in [0.2, 0.25) is 10.0 Å². The van der Waals surface area contributed by atoms with Crippen LogP contribution in [0.3, 0.4) is 0 Å². The summed E-state index contributed by atoms with van der Waals surface area (Å²) in [5.74, 6) is 0. The fourth-order valence-electron chi connectivity index (χ4n) is 1.93. The number of hydrogen-bond acceptors (Lipinski definition) is 5. The van der Waals surface area contributed by atoms with E-state index in [0.717, 1.165) is 12.8 Å². The van der Waals surface area contributed by atoms with E-state index in [4.69, 9.17) is 0 Å². The van der Waals surface area contributed by atoms with Crippen LogP contribution >= 0.6 is 0 Å². The molecule has 1 aromatic rings. The van der Waals surface area contributed by atoms with E-state index in [2.05, 4.69) is 10.0 Å². The number of rotatable bonds is 8. The first-order valence-electron chi connectivity index (χ1n) is 6.80. The highest BCUT2D eigenvalue weighted by Gasteiger charge is 2.27. The fourth-order valence-corrected chi connectivity index (χ4v) is 3.41. The quantitative estimate of drug-likeness (QED) is 0.567. The van der Waals surface area contributed by atoms with Crippen molar-refractivity contribution in [2.75, 3.05) is 12.4 Å². The largest absolute Gasteiger partial charge is 0.388 e. The number of anilines is 1. The third-order valence-corrected chi connectivity index (χ3v) is 4.70. The van der Waals surface area contributed by atoms with Gasteiger partial charge >= 0.3 is 0 Å². The molecular weight excluding hydrogens is 294 g/mol. The minimum atomic E-state index is -3.93. The number of benzene rings is 1. The molecule has 0 saturated carbocycles. The second kappa shape index (κ2) is 7.37. The molecule has 0 aromatic heterocycles. The van der Waals surface area contributed by atoms with Crippen molar-refractivity contribution in [2.24, 2.45) is 0 Å². The van der Waals surface area contributed by atoms with E-state index in [-0.39, 0.29) is 10.9 Å². The minimum Gasteiger partial charge on any atom is -0.388 e. The van der Waals surface area contributed by atoms with Gasteiger partial charge in [-0.3, -0.25) is 10.1 Å². The topological polar surface area (TPSA) is 101 Å². The van der Waals surface area contributed by atoms with Crippen molar-refractivity contribution in [1.29, 1.82) is 0 Å². The van der Waals surface area contributed by atoms with Gasteiger partial charge in [-0.15, -0.1) is 0 Å². The lowest BCUT2D eigenvalue weighted by Gasteiger charge is -2.14. The van der Waals surface area contributed by atoms with Crippen LogP contribution in [0.25, 0.3) is 0 Å². The van der Waals surface area contributed by atoms with Crippen molar-refractivity contribution < 1.29 is 13.3 Å². The van der Waals surface area contributed by atoms with Crippen LogP contribution in [0.4, 0.5) is 11.4 Å². The number of unbranched alkanes of at least 4 members (excludes halogenated alkanes) is 1. The molecule has 7 nitrogen and oxygen atoms in total.